The van der Waals surface area contributed by atoms with Crippen molar-refractivity contribution in [3.05, 3.63) is 54.0 Å². The molecule has 3 rings (SSSR count). The van der Waals surface area contributed by atoms with Crippen LogP contribution in [-0.4, -0.2) is 44.6 Å². The number of hydrogen-bond acceptors (Lipinski definition) is 5. The maximum absolute atomic E-state index is 12.6. The molecule has 1 saturated heterocycles. The van der Waals surface area contributed by atoms with Crippen LogP contribution in [0.4, 0.5) is 8.78 Å². The average molecular weight is 398 g/mol. The number of nitrogens with zero attached hydrogens (tertiary/aromatic N) is 1. The molecule has 2 heterocycles. The normalized spacial score (nSPS) is 16.6. The van der Waals surface area contributed by atoms with Crippen LogP contribution < -0.4 is 5.32 Å². The molecular weight excluding hydrogens is 378 g/mol. The first-order valence-electron chi connectivity index (χ1n) is 8.57. The predicted molar refractivity (Wildman–Crippen MR) is 94.2 cm³/mol. The number of carbonyl (C=O) groups excluding carboxylic acids is 1. The third-order valence-electron chi connectivity index (χ3n) is 4.59. The molecule has 0 aliphatic carbocycles. The van der Waals surface area contributed by atoms with Gasteiger partial charge in [-0.2, -0.15) is 8.78 Å². The monoisotopic (exact) mass is 398 g/mol. The molecule has 146 valence electrons. The molecule has 1 fully saturated rings. The van der Waals surface area contributed by atoms with Crippen molar-refractivity contribution in [2.45, 2.75) is 29.5 Å². The Labute approximate surface area is 156 Å². The number of benzene rings is 1. The number of hydrogen-bond donors (Lipinski definition) is 1. The standard InChI is InChI=1S/C18H20F2N2O4S/c19-18(20)27(24,25)14-7-5-13(6-8-14)17(23)21-12-15(16-4-3-11-26-16)22-9-1-2-10-22/h3-8,11,15,18H,1-2,9-10,12H2,(H,21,23)/t15-/m1/s1. The minimum Gasteiger partial charge on any atom is -0.468 e. The van der Waals surface area contributed by atoms with Crippen molar-refractivity contribution in [1.29, 1.82) is 0 Å². The first-order chi connectivity index (χ1) is 12.9. The number of carbonyl (C=O) groups is 1. The summed E-state index contributed by atoms with van der Waals surface area (Å²) in [6.45, 7) is 2.16. The van der Waals surface area contributed by atoms with Crippen LogP contribution in [-0.2, 0) is 9.84 Å². The van der Waals surface area contributed by atoms with Crippen molar-refractivity contribution in [3.8, 4) is 0 Å². The first kappa shape index (κ1) is 19.5. The second-order valence-electron chi connectivity index (χ2n) is 6.31. The van der Waals surface area contributed by atoms with E-state index in [0.717, 1.165) is 43.8 Å². The molecule has 0 spiro atoms. The maximum Gasteiger partial charge on any atom is 0.341 e. The van der Waals surface area contributed by atoms with Gasteiger partial charge in [-0.05, 0) is 62.3 Å². The molecule has 27 heavy (non-hydrogen) atoms. The molecule has 1 aliphatic rings. The Balaban J connectivity index is 1.67. The van der Waals surface area contributed by atoms with Gasteiger partial charge < -0.3 is 9.73 Å². The van der Waals surface area contributed by atoms with Crippen LogP contribution >= 0.6 is 0 Å². The molecule has 1 amide bonds. The van der Waals surface area contributed by atoms with Gasteiger partial charge in [0.05, 0.1) is 17.2 Å². The SMILES string of the molecule is O=C(NC[C@H](c1ccco1)N1CCCC1)c1ccc(S(=O)(=O)C(F)F)cc1. The van der Waals surface area contributed by atoms with Crippen LogP contribution in [0.5, 0.6) is 0 Å². The Kier molecular flexibility index (Phi) is 5.91. The van der Waals surface area contributed by atoms with E-state index in [1.807, 2.05) is 6.07 Å². The zero-order valence-electron chi connectivity index (χ0n) is 14.5. The van der Waals surface area contributed by atoms with Gasteiger partial charge in [-0.15, -0.1) is 0 Å². The average Bonchev–Trinajstić information content (AvgIpc) is 3.36. The largest absolute Gasteiger partial charge is 0.468 e. The van der Waals surface area contributed by atoms with Gasteiger partial charge in [0.15, 0.2) is 0 Å². The van der Waals surface area contributed by atoms with E-state index in [2.05, 4.69) is 10.2 Å². The molecule has 1 aromatic heterocycles. The van der Waals surface area contributed by atoms with Gasteiger partial charge in [0.25, 0.3) is 5.91 Å². The Bertz CT molecular complexity index is 861. The summed E-state index contributed by atoms with van der Waals surface area (Å²) in [5, 5.41) is 2.81. The molecule has 1 atom stereocenters. The maximum atomic E-state index is 12.6. The van der Waals surface area contributed by atoms with E-state index >= 15 is 0 Å². The number of sulfone groups is 1. The molecule has 2 aromatic rings. The number of furan rings is 1. The molecular formula is C18H20F2N2O4S. The fourth-order valence-electron chi connectivity index (χ4n) is 3.13. The molecule has 1 aliphatic heterocycles. The van der Waals surface area contributed by atoms with E-state index in [1.165, 1.54) is 12.1 Å². The van der Waals surface area contributed by atoms with Gasteiger partial charge in [0.1, 0.15) is 5.76 Å². The van der Waals surface area contributed by atoms with Gasteiger partial charge in [-0.25, -0.2) is 8.42 Å². The molecule has 1 aromatic carbocycles. The minimum absolute atomic E-state index is 0.0927. The topological polar surface area (TPSA) is 79.6 Å². The van der Waals surface area contributed by atoms with Crippen molar-refractivity contribution in [1.82, 2.24) is 10.2 Å². The summed E-state index contributed by atoms with van der Waals surface area (Å²) in [6, 6.07) is 8.04. The van der Waals surface area contributed by atoms with Crippen LogP contribution in [0.15, 0.2) is 52.0 Å². The third kappa shape index (κ3) is 4.36. The van der Waals surface area contributed by atoms with Crippen LogP contribution in [0.1, 0.15) is 35.0 Å². The Hall–Kier alpha value is -2.26. The lowest BCUT2D eigenvalue weighted by molar-refractivity contribution is 0.0933. The number of nitrogens with one attached hydrogen (secondary N) is 1. The van der Waals surface area contributed by atoms with Gasteiger partial charge >= 0.3 is 5.76 Å². The lowest BCUT2D eigenvalue weighted by atomic mass is 10.1. The van der Waals surface area contributed by atoms with Gasteiger partial charge in [0, 0.05) is 12.1 Å². The molecule has 0 bridgehead atoms. The van der Waals surface area contributed by atoms with Crippen LogP contribution in [0.2, 0.25) is 0 Å². The number of alkyl halides is 2. The van der Waals surface area contributed by atoms with E-state index in [1.54, 1.807) is 12.3 Å². The van der Waals surface area contributed by atoms with Crippen molar-refractivity contribution in [2.75, 3.05) is 19.6 Å². The van der Waals surface area contributed by atoms with Crippen LogP contribution in [0.25, 0.3) is 0 Å². The zero-order valence-corrected chi connectivity index (χ0v) is 15.3. The Morgan fingerprint density at radius 3 is 2.37 bits per heavy atom. The van der Waals surface area contributed by atoms with Crippen molar-refractivity contribution >= 4 is 15.7 Å². The van der Waals surface area contributed by atoms with Crippen molar-refractivity contribution in [2.24, 2.45) is 0 Å². The van der Waals surface area contributed by atoms with E-state index in [-0.39, 0.29) is 11.6 Å². The quantitative estimate of drug-likeness (QED) is 0.776. The molecule has 6 nitrogen and oxygen atoms in total. The highest BCUT2D eigenvalue weighted by Crippen LogP contribution is 2.25. The summed E-state index contributed by atoms with van der Waals surface area (Å²) in [5.74, 6) is -3.14. The first-order valence-corrected chi connectivity index (χ1v) is 10.1. The molecule has 0 saturated carbocycles. The smallest absolute Gasteiger partial charge is 0.341 e. The summed E-state index contributed by atoms with van der Waals surface area (Å²) in [5.41, 5.74) is 0.197. The fraction of sp³-hybridized carbons (Fsp3) is 0.389. The second-order valence-corrected chi connectivity index (χ2v) is 8.23. The van der Waals surface area contributed by atoms with Crippen LogP contribution in [0, 0.1) is 0 Å². The Morgan fingerprint density at radius 1 is 1.15 bits per heavy atom. The van der Waals surface area contributed by atoms with Crippen LogP contribution in [0.3, 0.4) is 0 Å². The van der Waals surface area contributed by atoms with Crippen molar-refractivity contribution < 1.29 is 26.4 Å². The van der Waals surface area contributed by atoms with E-state index in [0.29, 0.717) is 6.54 Å². The van der Waals surface area contributed by atoms with Gasteiger partial charge in [0.2, 0.25) is 9.84 Å². The fourth-order valence-corrected chi connectivity index (χ4v) is 3.86. The summed E-state index contributed by atoms with van der Waals surface area (Å²) >= 11 is 0. The van der Waals surface area contributed by atoms with Gasteiger partial charge in [-0.3, -0.25) is 9.69 Å². The minimum atomic E-state index is -4.67. The second kappa shape index (κ2) is 8.18. The van der Waals surface area contributed by atoms with E-state index in [9.17, 15) is 22.0 Å². The lowest BCUT2D eigenvalue weighted by Gasteiger charge is -2.26. The number of rotatable bonds is 7. The Morgan fingerprint density at radius 2 is 1.81 bits per heavy atom. The molecule has 1 N–H and O–H groups in total. The van der Waals surface area contributed by atoms with E-state index < -0.39 is 26.4 Å². The highest BCUT2D eigenvalue weighted by atomic mass is 32.2. The third-order valence-corrected chi connectivity index (χ3v) is 5.99. The highest BCUT2D eigenvalue weighted by molar-refractivity contribution is 7.91. The summed E-state index contributed by atoms with van der Waals surface area (Å²) in [7, 11) is -4.67. The summed E-state index contributed by atoms with van der Waals surface area (Å²) in [6.07, 6.45) is 3.76. The zero-order chi connectivity index (χ0) is 19.4. The predicted octanol–water partition coefficient (Wildman–Crippen LogP) is 2.84. The molecule has 9 heteroatoms. The number of likely N-dealkylation sites (tertiary alicyclic amines) is 1. The van der Waals surface area contributed by atoms with Gasteiger partial charge in [-0.1, -0.05) is 0 Å². The molecule has 0 unspecified atom stereocenters. The highest BCUT2D eigenvalue weighted by Gasteiger charge is 2.27. The number of halogens is 2. The summed E-state index contributed by atoms with van der Waals surface area (Å²) < 4.78 is 53.5. The van der Waals surface area contributed by atoms with E-state index in [4.69, 9.17) is 4.42 Å². The van der Waals surface area contributed by atoms with Crippen molar-refractivity contribution in [3.63, 3.8) is 0 Å². The summed E-state index contributed by atoms with van der Waals surface area (Å²) in [4.78, 5) is 14.1. The number of amides is 1. The lowest BCUT2D eigenvalue weighted by Crippen LogP contribution is -2.36. The molecule has 0 radical (unpaired) electrons.